The minimum Gasteiger partial charge on any atom is -0.455 e. The monoisotopic (exact) mass is 327 g/mol. The molecule has 0 bridgehead atoms. The molecule has 2 rings (SSSR count). The molecule has 0 aliphatic heterocycles. The van der Waals surface area contributed by atoms with E-state index < -0.39 is 5.97 Å². The van der Waals surface area contributed by atoms with Crippen LogP contribution in [0.5, 0.6) is 0 Å². The zero-order valence-corrected chi connectivity index (χ0v) is 13.2. The Balaban J connectivity index is 2.16. The summed E-state index contributed by atoms with van der Waals surface area (Å²) in [7, 11) is 0. The molecule has 0 atom stereocenters. The van der Waals surface area contributed by atoms with Crippen LogP contribution >= 0.6 is 23.2 Å². The SMILES string of the molecule is CCn1nc(C)c(Cl)c1COC(=O)c1cc(Cl)ccc1N. The lowest BCUT2D eigenvalue weighted by Crippen LogP contribution is -2.11. The van der Waals surface area contributed by atoms with Crippen LogP contribution in [-0.2, 0) is 17.9 Å². The van der Waals surface area contributed by atoms with E-state index in [2.05, 4.69) is 5.10 Å². The molecule has 112 valence electrons. The maximum atomic E-state index is 12.1. The number of halogens is 2. The fourth-order valence-electron chi connectivity index (χ4n) is 1.92. The quantitative estimate of drug-likeness (QED) is 0.689. The van der Waals surface area contributed by atoms with Crippen molar-refractivity contribution in [2.45, 2.75) is 27.0 Å². The molecule has 5 nitrogen and oxygen atoms in total. The van der Waals surface area contributed by atoms with Gasteiger partial charge in [0.15, 0.2) is 0 Å². The summed E-state index contributed by atoms with van der Waals surface area (Å²) in [6.45, 7) is 4.40. The lowest BCUT2D eigenvalue weighted by molar-refractivity contribution is 0.0464. The lowest BCUT2D eigenvalue weighted by atomic mass is 10.2. The van der Waals surface area contributed by atoms with E-state index in [9.17, 15) is 4.79 Å². The van der Waals surface area contributed by atoms with Crippen LogP contribution in [0.3, 0.4) is 0 Å². The van der Waals surface area contributed by atoms with E-state index >= 15 is 0 Å². The molecule has 0 aliphatic rings. The third-order valence-corrected chi connectivity index (χ3v) is 3.75. The molecule has 0 aliphatic carbocycles. The molecule has 1 aromatic heterocycles. The first kappa shape index (κ1) is 15.7. The van der Waals surface area contributed by atoms with Gasteiger partial charge in [0.05, 0.1) is 22.0 Å². The predicted octanol–water partition coefficient (Wildman–Crippen LogP) is 3.46. The van der Waals surface area contributed by atoms with Gasteiger partial charge in [0.25, 0.3) is 0 Å². The first-order valence-electron chi connectivity index (χ1n) is 6.38. The average molecular weight is 328 g/mol. The number of aryl methyl sites for hydroxylation is 2. The van der Waals surface area contributed by atoms with Gasteiger partial charge in [-0.15, -0.1) is 0 Å². The molecule has 21 heavy (non-hydrogen) atoms. The average Bonchev–Trinajstić information content (AvgIpc) is 2.74. The van der Waals surface area contributed by atoms with Crippen molar-refractivity contribution in [2.75, 3.05) is 5.73 Å². The first-order valence-corrected chi connectivity index (χ1v) is 7.13. The van der Waals surface area contributed by atoms with Crippen molar-refractivity contribution in [1.82, 2.24) is 9.78 Å². The molecule has 2 aromatic rings. The van der Waals surface area contributed by atoms with Crippen LogP contribution in [0, 0.1) is 6.92 Å². The number of nitrogen functional groups attached to an aromatic ring is 1. The van der Waals surface area contributed by atoms with Gasteiger partial charge in [-0.2, -0.15) is 5.10 Å². The minimum absolute atomic E-state index is 0.0261. The molecular formula is C14H15Cl2N3O2. The highest BCUT2D eigenvalue weighted by molar-refractivity contribution is 6.32. The normalized spacial score (nSPS) is 10.7. The second-order valence-electron chi connectivity index (χ2n) is 4.47. The van der Waals surface area contributed by atoms with Crippen molar-refractivity contribution < 1.29 is 9.53 Å². The molecule has 2 N–H and O–H groups in total. The second kappa shape index (κ2) is 6.37. The van der Waals surface area contributed by atoms with Crippen molar-refractivity contribution in [1.29, 1.82) is 0 Å². The number of carbonyl (C=O) groups excluding carboxylic acids is 1. The second-order valence-corrected chi connectivity index (χ2v) is 5.28. The van der Waals surface area contributed by atoms with Crippen LogP contribution in [0.2, 0.25) is 10.0 Å². The van der Waals surface area contributed by atoms with Crippen LogP contribution in [0.4, 0.5) is 5.69 Å². The summed E-state index contributed by atoms with van der Waals surface area (Å²) >= 11 is 12.0. The van der Waals surface area contributed by atoms with Crippen LogP contribution in [0.1, 0.15) is 28.7 Å². The molecule has 0 radical (unpaired) electrons. The van der Waals surface area contributed by atoms with Crippen molar-refractivity contribution in [3.63, 3.8) is 0 Å². The molecule has 1 aromatic carbocycles. The Kier molecular flexibility index (Phi) is 4.75. The van der Waals surface area contributed by atoms with E-state index in [1.54, 1.807) is 23.7 Å². The number of esters is 1. The molecular weight excluding hydrogens is 313 g/mol. The Labute approximate surface area is 132 Å². The highest BCUT2D eigenvalue weighted by Gasteiger charge is 2.17. The number of ether oxygens (including phenoxy) is 1. The number of carbonyl (C=O) groups is 1. The standard InChI is InChI=1S/C14H15Cl2N3O2/c1-3-19-12(13(16)8(2)18-19)7-21-14(20)10-6-9(15)4-5-11(10)17/h4-6H,3,7,17H2,1-2H3. The Morgan fingerprint density at radius 1 is 1.43 bits per heavy atom. The topological polar surface area (TPSA) is 70.1 Å². The number of hydrogen-bond donors (Lipinski definition) is 1. The van der Waals surface area contributed by atoms with Gasteiger partial charge in [-0.3, -0.25) is 4.68 Å². The zero-order chi connectivity index (χ0) is 15.6. The summed E-state index contributed by atoms with van der Waals surface area (Å²) < 4.78 is 6.96. The summed E-state index contributed by atoms with van der Waals surface area (Å²) in [5.74, 6) is -0.549. The largest absolute Gasteiger partial charge is 0.455 e. The van der Waals surface area contributed by atoms with Gasteiger partial charge >= 0.3 is 5.97 Å². The van der Waals surface area contributed by atoms with Crippen LogP contribution in [0.25, 0.3) is 0 Å². The molecule has 0 saturated carbocycles. The Hall–Kier alpha value is -1.72. The summed E-state index contributed by atoms with van der Waals surface area (Å²) in [6, 6.07) is 4.65. The summed E-state index contributed by atoms with van der Waals surface area (Å²) in [5, 5.41) is 5.18. The molecule has 0 unspecified atom stereocenters. The first-order chi connectivity index (χ1) is 9.93. The summed E-state index contributed by atoms with van der Waals surface area (Å²) in [5.41, 5.74) is 7.65. The van der Waals surface area contributed by atoms with E-state index in [1.807, 2.05) is 6.92 Å². The molecule has 1 heterocycles. The van der Waals surface area contributed by atoms with Gasteiger partial charge < -0.3 is 10.5 Å². The number of benzene rings is 1. The van der Waals surface area contributed by atoms with Gasteiger partial charge in [0, 0.05) is 17.3 Å². The minimum atomic E-state index is -0.549. The van der Waals surface area contributed by atoms with E-state index in [1.165, 1.54) is 6.07 Å². The van der Waals surface area contributed by atoms with E-state index in [-0.39, 0.29) is 12.2 Å². The number of rotatable bonds is 4. The van der Waals surface area contributed by atoms with E-state index in [0.717, 1.165) is 0 Å². The number of hydrogen-bond acceptors (Lipinski definition) is 4. The van der Waals surface area contributed by atoms with Crippen molar-refractivity contribution in [3.8, 4) is 0 Å². The van der Waals surface area contributed by atoms with Gasteiger partial charge in [-0.25, -0.2) is 4.79 Å². The third kappa shape index (κ3) is 3.31. The van der Waals surface area contributed by atoms with Gasteiger partial charge in [-0.1, -0.05) is 23.2 Å². The number of nitrogens with zero attached hydrogens (tertiary/aromatic N) is 2. The van der Waals surface area contributed by atoms with E-state index in [0.29, 0.717) is 33.7 Å². The van der Waals surface area contributed by atoms with Crippen LogP contribution in [0.15, 0.2) is 18.2 Å². The van der Waals surface area contributed by atoms with Crippen LogP contribution < -0.4 is 5.73 Å². The number of anilines is 1. The smallest absolute Gasteiger partial charge is 0.340 e. The summed E-state index contributed by atoms with van der Waals surface area (Å²) in [4.78, 5) is 12.1. The maximum Gasteiger partial charge on any atom is 0.340 e. The highest BCUT2D eigenvalue weighted by atomic mass is 35.5. The predicted molar refractivity (Wildman–Crippen MR) is 82.6 cm³/mol. The van der Waals surface area contributed by atoms with Gasteiger partial charge in [0.1, 0.15) is 6.61 Å². The third-order valence-electron chi connectivity index (χ3n) is 3.03. The van der Waals surface area contributed by atoms with Gasteiger partial charge in [0.2, 0.25) is 0 Å². The fraction of sp³-hybridized carbons (Fsp3) is 0.286. The highest BCUT2D eigenvalue weighted by Crippen LogP contribution is 2.23. The van der Waals surface area contributed by atoms with Crippen molar-refractivity contribution in [3.05, 3.63) is 45.2 Å². The lowest BCUT2D eigenvalue weighted by Gasteiger charge is -2.09. The number of nitrogens with two attached hydrogens (primary N) is 1. The van der Waals surface area contributed by atoms with Crippen LogP contribution in [-0.4, -0.2) is 15.7 Å². The maximum absolute atomic E-state index is 12.1. The fourth-order valence-corrected chi connectivity index (χ4v) is 2.29. The Morgan fingerprint density at radius 2 is 2.14 bits per heavy atom. The molecule has 0 amide bonds. The number of aromatic nitrogens is 2. The molecule has 0 fully saturated rings. The van der Waals surface area contributed by atoms with Crippen molar-refractivity contribution in [2.24, 2.45) is 0 Å². The summed E-state index contributed by atoms with van der Waals surface area (Å²) in [6.07, 6.45) is 0. The Bertz CT molecular complexity index is 683. The Morgan fingerprint density at radius 3 is 2.81 bits per heavy atom. The zero-order valence-electron chi connectivity index (χ0n) is 11.7. The molecule has 0 spiro atoms. The molecule has 7 heteroatoms. The van der Waals surface area contributed by atoms with E-state index in [4.69, 9.17) is 33.7 Å². The van der Waals surface area contributed by atoms with Gasteiger partial charge in [-0.05, 0) is 32.0 Å². The van der Waals surface area contributed by atoms with Crippen molar-refractivity contribution >= 4 is 34.9 Å². The molecule has 0 saturated heterocycles.